The van der Waals surface area contributed by atoms with E-state index < -0.39 is 9.84 Å². The molecule has 0 aliphatic carbocycles. The third-order valence-electron chi connectivity index (χ3n) is 4.76. The van der Waals surface area contributed by atoms with Gasteiger partial charge in [0.05, 0.1) is 11.5 Å². The van der Waals surface area contributed by atoms with Crippen LogP contribution in [0, 0.1) is 6.92 Å². The number of rotatable bonds is 5. The molecule has 0 saturated carbocycles. The van der Waals surface area contributed by atoms with Crippen molar-refractivity contribution in [2.45, 2.75) is 39.2 Å². The highest BCUT2D eigenvalue weighted by Gasteiger charge is 2.36. The molecule has 1 aliphatic rings. The van der Waals surface area contributed by atoms with Gasteiger partial charge in [-0.25, -0.2) is 8.42 Å². The SMILES string of the molecule is CCCCN(C(=O)c1oc2ccc(Cl)cc2c1C)C1CCS(=O)(=O)C1. The summed E-state index contributed by atoms with van der Waals surface area (Å²) in [4.78, 5) is 14.8. The molecule has 2 aromatic rings. The smallest absolute Gasteiger partial charge is 0.290 e. The highest BCUT2D eigenvalue weighted by Crippen LogP contribution is 2.30. The van der Waals surface area contributed by atoms with E-state index in [9.17, 15) is 13.2 Å². The predicted molar refractivity (Wildman–Crippen MR) is 99.0 cm³/mol. The van der Waals surface area contributed by atoms with Crippen molar-refractivity contribution >= 4 is 38.3 Å². The molecular weight excluding hydrogens is 362 g/mol. The topological polar surface area (TPSA) is 67.6 Å². The number of nitrogens with zero attached hydrogens (tertiary/aromatic N) is 1. The van der Waals surface area contributed by atoms with Crippen LogP contribution in [0.15, 0.2) is 22.6 Å². The van der Waals surface area contributed by atoms with Gasteiger partial charge in [-0.3, -0.25) is 4.79 Å². The molecule has 1 unspecified atom stereocenters. The van der Waals surface area contributed by atoms with Crippen molar-refractivity contribution < 1.29 is 17.6 Å². The molecule has 1 atom stereocenters. The molecule has 0 N–H and O–H groups in total. The van der Waals surface area contributed by atoms with Crippen LogP contribution in [0.25, 0.3) is 11.0 Å². The summed E-state index contributed by atoms with van der Waals surface area (Å²) < 4.78 is 29.5. The highest BCUT2D eigenvalue weighted by atomic mass is 35.5. The molecule has 3 rings (SSSR count). The number of furan rings is 1. The van der Waals surface area contributed by atoms with E-state index in [4.69, 9.17) is 16.0 Å². The van der Waals surface area contributed by atoms with Crippen molar-refractivity contribution in [3.05, 3.63) is 34.5 Å². The van der Waals surface area contributed by atoms with Crippen LogP contribution in [0.3, 0.4) is 0 Å². The van der Waals surface area contributed by atoms with E-state index in [1.807, 2.05) is 13.8 Å². The van der Waals surface area contributed by atoms with Crippen LogP contribution in [0.5, 0.6) is 0 Å². The Kier molecular flexibility index (Phi) is 5.11. The molecule has 1 aliphatic heterocycles. The lowest BCUT2D eigenvalue weighted by molar-refractivity contribution is 0.0663. The molecule has 136 valence electrons. The lowest BCUT2D eigenvalue weighted by atomic mass is 10.1. The third-order valence-corrected chi connectivity index (χ3v) is 6.74. The molecule has 0 bridgehead atoms. The molecule has 1 fully saturated rings. The summed E-state index contributed by atoms with van der Waals surface area (Å²) in [6, 6.07) is 4.97. The van der Waals surface area contributed by atoms with Crippen LogP contribution in [0.1, 0.15) is 42.3 Å². The number of amides is 1. The van der Waals surface area contributed by atoms with Gasteiger partial charge in [-0.2, -0.15) is 0 Å². The van der Waals surface area contributed by atoms with Crippen molar-refractivity contribution in [2.75, 3.05) is 18.1 Å². The molecule has 2 heterocycles. The second kappa shape index (κ2) is 7.00. The molecule has 0 radical (unpaired) electrons. The Morgan fingerprint density at radius 1 is 1.40 bits per heavy atom. The lowest BCUT2D eigenvalue weighted by Crippen LogP contribution is -2.41. The molecule has 1 aromatic carbocycles. The summed E-state index contributed by atoms with van der Waals surface area (Å²) in [7, 11) is -3.06. The minimum Gasteiger partial charge on any atom is -0.451 e. The van der Waals surface area contributed by atoms with E-state index in [1.54, 1.807) is 23.1 Å². The monoisotopic (exact) mass is 383 g/mol. The number of halogens is 1. The summed E-state index contributed by atoms with van der Waals surface area (Å²) in [6.07, 6.45) is 2.24. The summed E-state index contributed by atoms with van der Waals surface area (Å²) in [5, 5.41) is 1.39. The summed E-state index contributed by atoms with van der Waals surface area (Å²) in [6.45, 7) is 4.41. The Morgan fingerprint density at radius 2 is 2.16 bits per heavy atom. The maximum atomic E-state index is 13.1. The number of hydrogen-bond donors (Lipinski definition) is 0. The van der Waals surface area contributed by atoms with Gasteiger partial charge >= 0.3 is 0 Å². The quantitative estimate of drug-likeness (QED) is 0.787. The van der Waals surface area contributed by atoms with E-state index in [0.29, 0.717) is 23.6 Å². The average Bonchev–Trinajstić information content (AvgIpc) is 3.08. The number of sulfone groups is 1. The fourth-order valence-corrected chi connectivity index (χ4v) is 5.23. The fourth-order valence-electron chi connectivity index (χ4n) is 3.33. The largest absolute Gasteiger partial charge is 0.451 e. The second-order valence-corrected chi connectivity index (χ2v) is 9.27. The normalized spacial score (nSPS) is 19.4. The second-order valence-electron chi connectivity index (χ2n) is 6.61. The van der Waals surface area contributed by atoms with E-state index >= 15 is 0 Å². The van der Waals surface area contributed by atoms with E-state index in [0.717, 1.165) is 23.8 Å². The Bertz CT molecular complexity index is 903. The molecule has 1 saturated heterocycles. The van der Waals surface area contributed by atoms with Crippen LogP contribution >= 0.6 is 11.6 Å². The molecule has 7 heteroatoms. The lowest BCUT2D eigenvalue weighted by Gasteiger charge is -2.27. The average molecular weight is 384 g/mol. The molecule has 0 spiro atoms. The van der Waals surface area contributed by atoms with Crippen molar-refractivity contribution in [3.8, 4) is 0 Å². The van der Waals surface area contributed by atoms with Gasteiger partial charge in [0.25, 0.3) is 5.91 Å². The van der Waals surface area contributed by atoms with Gasteiger partial charge in [0.2, 0.25) is 0 Å². The van der Waals surface area contributed by atoms with Crippen molar-refractivity contribution in [3.63, 3.8) is 0 Å². The minimum atomic E-state index is -3.06. The van der Waals surface area contributed by atoms with Gasteiger partial charge < -0.3 is 9.32 Å². The fraction of sp³-hybridized carbons (Fsp3) is 0.500. The van der Waals surface area contributed by atoms with Crippen molar-refractivity contribution in [1.82, 2.24) is 4.90 Å². The maximum Gasteiger partial charge on any atom is 0.290 e. The van der Waals surface area contributed by atoms with E-state index in [1.165, 1.54) is 0 Å². The number of benzene rings is 1. The third kappa shape index (κ3) is 3.70. The number of aryl methyl sites for hydroxylation is 1. The van der Waals surface area contributed by atoms with Crippen LogP contribution < -0.4 is 0 Å². The molecule has 1 amide bonds. The minimum absolute atomic E-state index is 0.0353. The first kappa shape index (κ1) is 18.3. The molecular formula is C18H22ClNO4S. The Balaban J connectivity index is 1.96. The Hall–Kier alpha value is -1.53. The molecule has 1 aromatic heterocycles. The van der Waals surface area contributed by atoms with E-state index in [2.05, 4.69) is 0 Å². The summed E-state index contributed by atoms with van der Waals surface area (Å²) >= 11 is 6.04. The summed E-state index contributed by atoms with van der Waals surface area (Å²) in [5.74, 6) is 0.216. The highest BCUT2D eigenvalue weighted by molar-refractivity contribution is 7.91. The van der Waals surface area contributed by atoms with Crippen LogP contribution in [-0.2, 0) is 9.84 Å². The first-order chi connectivity index (χ1) is 11.8. The van der Waals surface area contributed by atoms with E-state index in [-0.39, 0.29) is 29.2 Å². The number of fused-ring (bicyclic) bond motifs is 1. The zero-order valence-corrected chi connectivity index (χ0v) is 16.0. The zero-order valence-electron chi connectivity index (χ0n) is 14.4. The van der Waals surface area contributed by atoms with Gasteiger partial charge in [0, 0.05) is 28.6 Å². The first-order valence-electron chi connectivity index (χ1n) is 8.52. The Morgan fingerprint density at radius 3 is 2.80 bits per heavy atom. The van der Waals surface area contributed by atoms with Gasteiger partial charge in [-0.15, -0.1) is 0 Å². The van der Waals surface area contributed by atoms with Crippen LogP contribution in [0.2, 0.25) is 5.02 Å². The standard InChI is InChI=1S/C18H22ClNO4S/c1-3-4-8-20(14-7-9-25(22,23)11-14)18(21)17-12(2)15-10-13(19)5-6-16(15)24-17/h5-6,10,14H,3-4,7-9,11H2,1-2H3. The van der Waals surface area contributed by atoms with Gasteiger partial charge in [0.1, 0.15) is 5.58 Å². The van der Waals surface area contributed by atoms with Crippen molar-refractivity contribution in [1.29, 1.82) is 0 Å². The molecule has 5 nitrogen and oxygen atoms in total. The Labute approximate surface area is 152 Å². The molecule has 25 heavy (non-hydrogen) atoms. The zero-order chi connectivity index (χ0) is 18.2. The number of carbonyl (C=O) groups is 1. The van der Waals surface area contributed by atoms with Gasteiger partial charge in [-0.05, 0) is 38.0 Å². The van der Waals surface area contributed by atoms with Crippen LogP contribution in [0.4, 0.5) is 0 Å². The number of carbonyl (C=O) groups excluding carboxylic acids is 1. The van der Waals surface area contributed by atoms with Crippen LogP contribution in [-0.4, -0.2) is 43.3 Å². The number of hydrogen-bond acceptors (Lipinski definition) is 4. The predicted octanol–water partition coefficient (Wildman–Crippen LogP) is 3.82. The van der Waals surface area contributed by atoms with Gasteiger partial charge in [-0.1, -0.05) is 24.9 Å². The number of unbranched alkanes of at least 4 members (excludes halogenated alkanes) is 1. The summed E-state index contributed by atoms with van der Waals surface area (Å²) in [5.41, 5.74) is 1.35. The van der Waals surface area contributed by atoms with Gasteiger partial charge in [0.15, 0.2) is 15.6 Å². The van der Waals surface area contributed by atoms with Crippen molar-refractivity contribution in [2.24, 2.45) is 0 Å². The maximum absolute atomic E-state index is 13.1. The first-order valence-corrected chi connectivity index (χ1v) is 10.7.